The molecule has 1 aliphatic rings. The first-order valence-electron chi connectivity index (χ1n) is 6.90. The fourth-order valence-electron chi connectivity index (χ4n) is 2.32. The second-order valence-electron chi connectivity index (χ2n) is 4.97. The molecule has 2 rings (SSSR count). The van der Waals surface area contributed by atoms with Crippen molar-refractivity contribution in [3.8, 4) is 5.75 Å². The van der Waals surface area contributed by atoms with E-state index >= 15 is 0 Å². The zero-order valence-electron chi connectivity index (χ0n) is 11.8. The number of hydrogen-bond donors (Lipinski definition) is 1. The first-order chi connectivity index (χ1) is 9.22. The third-order valence-electron chi connectivity index (χ3n) is 3.48. The van der Waals surface area contributed by atoms with E-state index in [1.54, 1.807) is 0 Å². The molecular weight excluding hydrogens is 242 g/mol. The minimum Gasteiger partial charge on any atom is -0.490 e. The molecular formula is C15H23NO3. The van der Waals surface area contributed by atoms with Gasteiger partial charge in [-0.05, 0) is 19.5 Å². The number of aliphatic hydroxyl groups is 1. The monoisotopic (exact) mass is 265 g/mol. The number of nitrogens with zero attached hydrogens (tertiary/aromatic N) is 1. The molecule has 1 saturated heterocycles. The Bertz CT molecular complexity index is 408. The Morgan fingerprint density at radius 2 is 2.32 bits per heavy atom. The fourth-order valence-corrected chi connectivity index (χ4v) is 2.32. The maximum Gasteiger partial charge on any atom is 0.124 e. The van der Waals surface area contributed by atoms with Crippen molar-refractivity contribution in [2.24, 2.45) is 0 Å². The summed E-state index contributed by atoms with van der Waals surface area (Å²) in [7, 11) is 0. The predicted octanol–water partition coefficient (Wildman–Crippen LogP) is 1.59. The van der Waals surface area contributed by atoms with Gasteiger partial charge in [-0.25, -0.2) is 0 Å². The number of morpholine rings is 1. The minimum absolute atomic E-state index is 0.00359. The standard InChI is InChI=1S/C15H23NO3/c1-3-16-6-7-18-14(9-16)11-19-15-5-4-12(2)8-13(15)10-17/h4-5,8,14,17H,3,6-7,9-11H2,1-2H3. The molecule has 1 unspecified atom stereocenters. The number of benzene rings is 1. The van der Waals surface area contributed by atoms with Crippen LogP contribution in [0, 0.1) is 6.92 Å². The fraction of sp³-hybridized carbons (Fsp3) is 0.600. The Morgan fingerprint density at radius 1 is 1.47 bits per heavy atom. The zero-order chi connectivity index (χ0) is 13.7. The molecule has 1 heterocycles. The number of aliphatic hydroxyl groups excluding tert-OH is 1. The molecule has 0 amide bonds. The molecule has 4 heteroatoms. The lowest BCUT2D eigenvalue weighted by molar-refractivity contribution is -0.0466. The highest BCUT2D eigenvalue weighted by Gasteiger charge is 2.20. The van der Waals surface area contributed by atoms with E-state index < -0.39 is 0 Å². The maximum absolute atomic E-state index is 9.34. The van der Waals surface area contributed by atoms with Gasteiger partial charge in [0.1, 0.15) is 18.5 Å². The first kappa shape index (κ1) is 14.3. The Morgan fingerprint density at radius 3 is 3.05 bits per heavy atom. The molecule has 19 heavy (non-hydrogen) atoms. The van der Waals surface area contributed by atoms with Gasteiger partial charge in [0.25, 0.3) is 0 Å². The van der Waals surface area contributed by atoms with Crippen LogP contribution in [-0.2, 0) is 11.3 Å². The Kier molecular flexibility index (Phi) is 5.19. The van der Waals surface area contributed by atoms with E-state index in [2.05, 4.69) is 11.8 Å². The van der Waals surface area contributed by atoms with Crippen LogP contribution in [0.1, 0.15) is 18.1 Å². The van der Waals surface area contributed by atoms with Crippen molar-refractivity contribution >= 4 is 0 Å². The summed E-state index contributed by atoms with van der Waals surface area (Å²) in [5.41, 5.74) is 1.96. The average molecular weight is 265 g/mol. The lowest BCUT2D eigenvalue weighted by Crippen LogP contribution is -2.44. The van der Waals surface area contributed by atoms with Crippen molar-refractivity contribution in [3.63, 3.8) is 0 Å². The summed E-state index contributed by atoms with van der Waals surface area (Å²) >= 11 is 0. The summed E-state index contributed by atoms with van der Waals surface area (Å²) in [5.74, 6) is 0.755. The Hall–Kier alpha value is -1.10. The number of likely N-dealkylation sites (N-methyl/N-ethyl adjacent to an activating group) is 1. The maximum atomic E-state index is 9.34. The van der Waals surface area contributed by atoms with Crippen LogP contribution in [0.5, 0.6) is 5.75 Å². The number of aryl methyl sites for hydroxylation is 1. The van der Waals surface area contributed by atoms with Gasteiger partial charge < -0.3 is 14.6 Å². The average Bonchev–Trinajstić information content (AvgIpc) is 2.46. The molecule has 1 aliphatic heterocycles. The van der Waals surface area contributed by atoms with Crippen molar-refractivity contribution < 1.29 is 14.6 Å². The molecule has 1 N–H and O–H groups in total. The highest BCUT2D eigenvalue weighted by Crippen LogP contribution is 2.20. The third kappa shape index (κ3) is 3.93. The van der Waals surface area contributed by atoms with Gasteiger partial charge in [-0.2, -0.15) is 0 Å². The van der Waals surface area contributed by atoms with Crippen LogP contribution in [0.2, 0.25) is 0 Å². The second kappa shape index (κ2) is 6.89. The van der Waals surface area contributed by atoms with Crippen molar-refractivity contribution in [3.05, 3.63) is 29.3 Å². The summed E-state index contributed by atoms with van der Waals surface area (Å²) in [6.07, 6.45) is 0.113. The van der Waals surface area contributed by atoms with Crippen molar-refractivity contribution in [2.75, 3.05) is 32.8 Å². The smallest absolute Gasteiger partial charge is 0.124 e. The van der Waals surface area contributed by atoms with Crippen molar-refractivity contribution in [1.82, 2.24) is 4.90 Å². The van der Waals surface area contributed by atoms with Crippen LogP contribution in [0.25, 0.3) is 0 Å². The summed E-state index contributed by atoms with van der Waals surface area (Å²) in [5, 5.41) is 9.34. The van der Waals surface area contributed by atoms with Gasteiger partial charge in [0.15, 0.2) is 0 Å². The Labute approximate surface area is 114 Å². The van der Waals surface area contributed by atoms with Crippen molar-refractivity contribution in [2.45, 2.75) is 26.6 Å². The molecule has 0 bridgehead atoms. The van der Waals surface area contributed by atoms with Crippen LogP contribution in [0.15, 0.2) is 18.2 Å². The summed E-state index contributed by atoms with van der Waals surface area (Å²) in [6.45, 7) is 8.43. The van der Waals surface area contributed by atoms with E-state index in [0.717, 1.165) is 43.1 Å². The van der Waals surface area contributed by atoms with Gasteiger partial charge in [0.2, 0.25) is 0 Å². The minimum atomic E-state index is 0.00359. The molecule has 0 spiro atoms. The van der Waals surface area contributed by atoms with Gasteiger partial charge in [0, 0.05) is 18.7 Å². The molecule has 1 atom stereocenters. The summed E-state index contributed by atoms with van der Waals surface area (Å²) in [4.78, 5) is 2.36. The third-order valence-corrected chi connectivity index (χ3v) is 3.48. The van der Waals surface area contributed by atoms with E-state index in [0.29, 0.717) is 6.61 Å². The molecule has 106 valence electrons. The van der Waals surface area contributed by atoms with Crippen LogP contribution >= 0.6 is 0 Å². The molecule has 0 saturated carbocycles. The summed E-state index contributed by atoms with van der Waals surface area (Å²) in [6, 6.07) is 5.87. The number of rotatable bonds is 5. The molecule has 4 nitrogen and oxygen atoms in total. The van der Waals surface area contributed by atoms with Gasteiger partial charge in [-0.3, -0.25) is 4.90 Å². The van der Waals surface area contributed by atoms with E-state index in [-0.39, 0.29) is 12.7 Å². The second-order valence-corrected chi connectivity index (χ2v) is 4.97. The molecule has 1 aromatic carbocycles. The van der Waals surface area contributed by atoms with Crippen molar-refractivity contribution in [1.29, 1.82) is 0 Å². The highest BCUT2D eigenvalue weighted by molar-refractivity contribution is 5.36. The van der Waals surface area contributed by atoms with Crippen LogP contribution in [-0.4, -0.2) is 49.0 Å². The van der Waals surface area contributed by atoms with E-state index in [1.807, 2.05) is 25.1 Å². The molecule has 0 aromatic heterocycles. The van der Waals surface area contributed by atoms with Crippen LogP contribution in [0.3, 0.4) is 0 Å². The zero-order valence-corrected chi connectivity index (χ0v) is 11.8. The largest absolute Gasteiger partial charge is 0.490 e. The van der Waals surface area contributed by atoms with Gasteiger partial charge in [0.05, 0.1) is 13.2 Å². The van der Waals surface area contributed by atoms with Gasteiger partial charge in [-0.15, -0.1) is 0 Å². The SMILES string of the molecule is CCN1CCOC(COc2ccc(C)cc2CO)C1. The quantitative estimate of drug-likeness (QED) is 0.878. The lowest BCUT2D eigenvalue weighted by atomic mass is 10.1. The normalized spacial score (nSPS) is 20.5. The molecule has 0 radical (unpaired) electrons. The lowest BCUT2D eigenvalue weighted by Gasteiger charge is -2.32. The van der Waals surface area contributed by atoms with E-state index in [1.165, 1.54) is 0 Å². The van der Waals surface area contributed by atoms with Crippen LogP contribution in [0.4, 0.5) is 0 Å². The highest BCUT2D eigenvalue weighted by atomic mass is 16.5. The van der Waals surface area contributed by atoms with Crippen LogP contribution < -0.4 is 4.74 Å². The van der Waals surface area contributed by atoms with Gasteiger partial charge in [-0.1, -0.05) is 24.6 Å². The number of hydrogen-bond acceptors (Lipinski definition) is 4. The predicted molar refractivity (Wildman–Crippen MR) is 74.5 cm³/mol. The summed E-state index contributed by atoms with van der Waals surface area (Å²) < 4.78 is 11.5. The molecule has 1 aromatic rings. The van der Waals surface area contributed by atoms with E-state index in [4.69, 9.17) is 9.47 Å². The first-order valence-corrected chi connectivity index (χ1v) is 6.90. The number of ether oxygens (including phenoxy) is 2. The Balaban J connectivity index is 1.91. The topological polar surface area (TPSA) is 41.9 Å². The van der Waals surface area contributed by atoms with Gasteiger partial charge >= 0.3 is 0 Å². The molecule has 1 fully saturated rings. The van der Waals surface area contributed by atoms with E-state index in [9.17, 15) is 5.11 Å². The molecule has 0 aliphatic carbocycles.